The highest BCUT2D eigenvalue weighted by Gasteiger charge is 2.25. The summed E-state index contributed by atoms with van der Waals surface area (Å²) in [6.07, 6.45) is 4.15. The molecule has 0 amide bonds. The predicted octanol–water partition coefficient (Wildman–Crippen LogP) is 4.83. The number of thiophene rings is 1. The number of hydrogen-bond donors (Lipinski definition) is 1. The topological polar surface area (TPSA) is 35.2 Å². The Bertz CT molecular complexity index is 673. The quantitative estimate of drug-likeness (QED) is 0.816. The van der Waals surface area contributed by atoms with Gasteiger partial charge in [-0.1, -0.05) is 35.9 Å². The molecule has 0 fully saturated rings. The van der Waals surface area contributed by atoms with Gasteiger partial charge in [-0.2, -0.15) is 0 Å². The van der Waals surface area contributed by atoms with E-state index in [0.29, 0.717) is 9.34 Å². The summed E-state index contributed by atoms with van der Waals surface area (Å²) in [6, 6.07) is 7.96. The molecule has 0 aliphatic carbocycles. The molecule has 1 aromatic carbocycles. The summed E-state index contributed by atoms with van der Waals surface area (Å²) in [6.45, 7) is 4.07. The van der Waals surface area contributed by atoms with Gasteiger partial charge >= 0.3 is 0 Å². The fourth-order valence-electron chi connectivity index (χ4n) is 2.17. The van der Waals surface area contributed by atoms with Gasteiger partial charge < -0.3 is 10.5 Å². The Morgan fingerprint density at radius 3 is 2.74 bits per heavy atom. The highest BCUT2D eigenvalue weighted by atomic mass is 35.5. The molecule has 2 N–H and O–H groups in total. The largest absolute Gasteiger partial charge is 0.483 e. The van der Waals surface area contributed by atoms with Crippen molar-refractivity contribution >= 4 is 34.0 Å². The number of halogens is 1. The number of ether oxygens (including phenoxy) is 1. The summed E-state index contributed by atoms with van der Waals surface area (Å²) in [4.78, 5) is 0. The van der Waals surface area contributed by atoms with Gasteiger partial charge in [0.05, 0.1) is 5.00 Å². The molecule has 3 rings (SSSR count). The normalized spacial score (nSPS) is 15.9. The van der Waals surface area contributed by atoms with Crippen LogP contribution in [0, 0.1) is 0 Å². The van der Waals surface area contributed by atoms with E-state index in [9.17, 15) is 0 Å². The van der Waals surface area contributed by atoms with Crippen molar-refractivity contribution in [2.45, 2.75) is 19.4 Å². The van der Waals surface area contributed by atoms with Crippen LogP contribution in [0.2, 0.25) is 4.34 Å². The average Bonchev–Trinajstić information content (AvgIpc) is 2.66. The fraction of sp³-hybridized carbons (Fsp3) is 0.200. The number of rotatable bonds is 1. The summed E-state index contributed by atoms with van der Waals surface area (Å²) >= 11 is 7.64. The lowest BCUT2D eigenvalue weighted by Gasteiger charge is -2.29. The lowest BCUT2D eigenvalue weighted by molar-refractivity contribution is 0.160. The van der Waals surface area contributed by atoms with Crippen molar-refractivity contribution in [2.75, 3.05) is 5.73 Å². The van der Waals surface area contributed by atoms with Crippen molar-refractivity contribution in [3.8, 4) is 16.9 Å². The Morgan fingerprint density at radius 1 is 1.26 bits per heavy atom. The minimum absolute atomic E-state index is 0.308. The maximum atomic E-state index is 6.26. The SMILES string of the molecule is CC1(C)C=Cc2cccc(-c3cc(N)sc3Cl)c2O1. The molecule has 0 atom stereocenters. The van der Waals surface area contributed by atoms with E-state index in [2.05, 4.69) is 12.2 Å². The zero-order valence-corrected chi connectivity index (χ0v) is 12.3. The van der Waals surface area contributed by atoms with Crippen LogP contribution in [-0.2, 0) is 0 Å². The lowest BCUT2D eigenvalue weighted by Crippen LogP contribution is -2.27. The second-order valence-corrected chi connectivity index (χ2v) is 6.78. The average molecular weight is 292 g/mol. The number of fused-ring (bicyclic) bond motifs is 1. The Kier molecular flexibility index (Phi) is 2.84. The standard InChI is InChI=1S/C15H14ClNOS/c1-15(2)7-6-9-4-3-5-10(13(9)18-15)11-8-12(17)19-14(11)16/h3-8H,17H2,1-2H3. The Morgan fingerprint density at radius 2 is 2.05 bits per heavy atom. The van der Waals surface area contributed by atoms with Crippen molar-refractivity contribution in [2.24, 2.45) is 0 Å². The third-order valence-electron chi connectivity index (χ3n) is 3.07. The zero-order chi connectivity index (χ0) is 13.6. The molecule has 19 heavy (non-hydrogen) atoms. The van der Waals surface area contributed by atoms with Crippen LogP contribution in [0.5, 0.6) is 5.75 Å². The van der Waals surface area contributed by atoms with Gasteiger partial charge in [0.2, 0.25) is 0 Å². The van der Waals surface area contributed by atoms with Crippen molar-refractivity contribution < 1.29 is 4.74 Å². The van der Waals surface area contributed by atoms with E-state index < -0.39 is 0 Å². The molecule has 0 saturated carbocycles. The first-order valence-corrected chi connectivity index (χ1v) is 7.22. The highest BCUT2D eigenvalue weighted by Crippen LogP contribution is 2.44. The van der Waals surface area contributed by atoms with Crippen LogP contribution in [0.15, 0.2) is 30.3 Å². The van der Waals surface area contributed by atoms with E-state index in [0.717, 1.165) is 22.4 Å². The molecule has 0 bridgehead atoms. The maximum Gasteiger partial charge on any atom is 0.135 e. The van der Waals surface area contributed by atoms with E-state index in [4.69, 9.17) is 22.1 Å². The number of para-hydroxylation sites is 1. The molecular formula is C15H14ClNOS. The van der Waals surface area contributed by atoms with Gasteiger partial charge in [0.25, 0.3) is 0 Å². The number of nitrogens with two attached hydrogens (primary N) is 1. The lowest BCUT2D eigenvalue weighted by atomic mass is 9.97. The minimum atomic E-state index is -0.308. The summed E-state index contributed by atoms with van der Waals surface area (Å²) in [5.41, 5.74) is 8.51. The molecule has 0 radical (unpaired) electrons. The zero-order valence-electron chi connectivity index (χ0n) is 10.7. The third kappa shape index (κ3) is 2.24. The second-order valence-electron chi connectivity index (χ2n) is 5.10. The van der Waals surface area contributed by atoms with Gasteiger partial charge in [0.1, 0.15) is 15.7 Å². The third-order valence-corrected chi connectivity index (χ3v) is 4.26. The van der Waals surface area contributed by atoms with Crippen molar-refractivity contribution in [1.29, 1.82) is 0 Å². The Balaban J connectivity index is 2.20. The predicted molar refractivity (Wildman–Crippen MR) is 82.9 cm³/mol. The first-order chi connectivity index (χ1) is 8.96. The summed E-state index contributed by atoms with van der Waals surface area (Å²) < 4.78 is 6.78. The van der Waals surface area contributed by atoms with Gasteiger partial charge in [-0.3, -0.25) is 0 Å². The number of benzene rings is 1. The molecule has 0 unspecified atom stereocenters. The molecule has 0 saturated heterocycles. The molecule has 1 aliphatic rings. The molecule has 2 aromatic rings. The first kappa shape index (κ1) is 12.6. The molecule has 0 spiro atoms. The number of anilines is 1. The van der Waals surface area contributed by atoms with E-state index in [1.807, 2.05) is 38.1 Å². The van der Waals surface area contributed by atoms with Gasteiger partial charge in [0, 0.05) is 16.7 Å². The fourth-order valence-corrected chi connectivity index (χ4v) is 3.26. The van der Waals surface area contributed by atoms with Crippen LogP contribution < -0.4 is 10.5 Å². The maximum absolute atomic E-state index is 6.26. The van der Waals surface area contributed by atoms with Crippen LogP contribution in [0.3, 0.4) is 0 Å². The Hall–Kier alpha value is -1.45. The van der Waals surface area contributed by atoms with E-state index in [1.165, 1.54) is 11.3 Å². The smallest absolute Gasteiger partial charge is 0.135 e. The Labute approximate surface area is 121 Å². The van der Waals surface area contributed by atoms with Crippen molar-refractivity contribution in [3.63, 3.8) is 0 Å². The number of nitrogen functional groups attached to an aromatic ring is 1. The van der Waals surface area contributed by atoms with E-state index >= 15 is 0 Å². The minimum Gasteiger partial charge on any atom is -0.483 e. The molecule has 1 aromatic heterocycles. The molecule has 98 valence electrons. The monoisotopic (exact) mass is 291 g/mol. The van der Waals surface area contributed by atoms with Crippen molar-refractivity contribution in [3.05, 3.63) is 40.2 Å². The van der Waals surface area contributed by atoms with Crippen LogP contribution in [0.25, 0.3) is 17.2 Å². The molecule has 2 nitrogen and oxygen atoms in total. The van der Waals surface area contributed by atoms with Crippen LogP contribution in [-0.4, -0.2) is 5.60 Å². The van der Waals surface area contributed by atoms with Crippen LogP contribution in [0.1, 0.15) is 19.4 Å². The van der Waals surface area contributed by atoms with E-state index in [-0.39, 0.29) is 5.60 Å². The van der Waals surface area contributed by atoms with Gasteiger partial charge in [0.15, 0.2) is 0 Å². The molecule has 2 heterocycles. The molecule has 4 heteroatoms. The van der Waals surface area contributed by atoms with Gasteiger partial charge in [-0.15, -0.1) is 11.3 Å². The van der Waals surface area contributed by atoms with E-state index in [1.54, 1.807) is 0 Å². The van der Waals surface area contributed by atoms with Crippen LogP contribution >= 0.6 is 22.9 Å². The van der Waals surface area contributed by atoms with Crippen LogP contribution in [0.4, 0.5) is 5.00 Å². The number of hydrogen-bond acceptors (Lipinski definition) is 3. The molecule has 1 aliphatic heterocycles. The summed E-state index contributed by atoms with van der Waals surface area (Å²) in [5, 5.41) is 0.711. The van der Waals surface area contributed by atoms with Gasteiger partial charge in [-0.05, 0) is 26.0 Å². The summed E-state index contributed by atoms with van der Waals surface area (Å²) in [5.74, 6) is 0.870. The van der Waals surface area contributed by atoms with Crippen molar-refractivity contribution in [1.82, 2.24) is 0 Å². The highest BCUT2D eigenvalue weighted by molar-refractivity contribution is 7.20. The second kappa shape index (κ2) is 4.29. The van der Waals surface area contributed by atoms with Gasteiger partial charge in [-0.25, -0.2) is 0 Å². The summed E-state index contributed by atoms with van der Waals surface area (Å²) in [7, 11) is 0. The first-order valence-electron chi connectivity index (χ1n) is 6.03. The molecular weight excluding hydrogens is 278 g/mol.